The smallest absolute Gasteiger partial charge is 0.216 e. The Hall–Kier alpha value is -0.170. The minimum Gasteiger partial charge on any atom is -0.378 e. The Morgan fingerprint density at radius 3 is 2.75 bits per heavy atom. The van der Waals surface area contributed by atoms with E-state index in [9.17, 15) is 8.42 Å². The van der Waals surface area contributed by atoms with Gasteiger partial charge in [0.2, 0.25) is 10.0 Å². The van der Waals surface area contributed by atoms with Crippen LogP contribution in [-0.2, 0) is 14.8 Å². The summed E-state index contributed by atoms with van der Waals surface area (Å²) in [6.45, 7) is 5.08. The third-order valence-corrected chi connectivity index (χ3v) is 4.41. The minimum atomic E-state index is -3.18. The molecule has 0 radical (unpaired) electrons. The van der Waals surface area contributed by atoms with E-state index in [1.54, 1.807) is 0 Å². The molecule has 0 spiro atoms. The van der Waals surface area contributed by atoms with Crippen LogP contribution in [0.4, 0.5) is 0 Å². The zero-order chi connectivity index (χ0) is 12.2. The first-order valence-corrected chi connectivity index (χ1v) is 7.38. The van der Waals surface area contributed by atoms with Crippen molar-refractivity contribution in [3.63, 3.8) is 0 Å². The lowest BCUT2D eigenvalue weighted by Crippen LogP contribution is -2.46. The third-order valence-electron chi connectivity index (χ3n) is 2.61. The molecule has 0 saturated carbocycles. The standard InChI is InChI=1S/C10H22N2O3S/c1-9(2)15-6-7-16(13,14)12-5-3-4-10(11)8-12/h9-10H,3-8,11H2,1-2H3/t10-/m1/s1. The van der Waals surface area contributed by atoms with Gasteiger partial charge in [0, 0.05) is 19.1 Å². The maximum Gasteiger partial charge on any atom is 0.216 e. The van der Waals surface area contributed by atoms with E-state index in [2.05, 4.69) is 0 Å². The van der Waals surface area contributed by atoms with Gasteiger partial charge in [-0.2, -0.15) is 0 Å². The molecule has 2 N–H and O–H groups in total. The molecule has 1 saturated heterocycles. The first kappa shape index (κ1) is 13.9. The van der Waals surface area contributed by atoms with E-state index in [1.165, 1.54) is 4.31 Å². The van der Waals surface area contributed by atoms with Crippen LogP contribution in [0.2, 0.25) is 0 Å². The molecule has 1 fully saturated rings. The number of hydrogen-bond acceptors (Lipinski definition) is 4. The van der Waals surface area contributed by atoms with Crippen molar-refractivity contribution in [1.82, 2.24) is 4.31 Å². The van der Waals surface area contributed by atoms with Gasteiger partial charge in [0.05, 0.1) is 18.5 Å². The molecule has 0 bridgehead atoms. The summed E-state index contributed by atoms with van der Waals surface area (Å²) in [5.41, 5.74) is 5.76. The first-order valence-electron chi connectivity index (χ1n) is 5.77. The van der Waals surface area contributed by atoms with Crippen LogP contribution in [0.15, 0.2) is 0 Å². The molecule has 0 aromatic rings. The largest absolute Gasteiger partial charge is 0.378 e. The molecule has 5 nitrogen and oxygen atoms in total. The van der Waals surface area contributed by atoms with Crippen LogP contribution in [0.1, 0.15) is 26.7 Å². The van der Waals surface area contributed by atoms with Gasteiger partial charge in [0.1, 0.15) is 0 Å². The topological polar surface area (TPSA) is 72.6 Å². The fourth-order valence-corrected chi connectivity index (χ4v) is 3.14. The summed E-state index contributed by atoms with van der Waals surface area (Å²) in [6.07, 6.45) is 1.83. The predicted molar refractivity (Wildman–Crippen MR) is 63.7 cm³/mol. The molecule has 0 unspecified atom stereocenters. The SMILES string of the molecule is CC(C)OCCS(=O)(=O)N1CCC[C@@H](N)C1. The van der Waals surface area contributed by atoms with E-state index < -0.39 is 10.0 Å². The van der Waals surface area contributed by atoms with Gasteiger partial charge < -0.3 is 10.5 Å². The van der Waals surface area contributed by atoms with Crippen LogP contribution in [0, 0.1) is 0 Å². The summed E-state index contributed by atoms with van der Waals surface area (Å²) in [7, 11) is -3.18. The normalized spacial score (nSPS) is 23.9. The second-order valence-corrected chi connectivity index (χ2v) is 6.58. The van der Waals surface area contributed by atoms with Gasteiger partial charge in [0.25, 0.3) is 0 Å². The fraction of sp³-hybridized carbons (Fsp3) is 1.00. The first-order chi connectivity index (χ1) is 7.42. The lowest BCUT2D eigenvalue weighted by atomic mass is 10.1. The third kappa shape index (κ3) is 4.37. The molecule has 16 heavy (non-hydrogen) atoms. The predicted octanol–water partition coefficient (Wildman–Crippen LogP) is 0.164. The van der Waals surface area contributed by atoms with E-state index in [0.29, 0.717) is 13.1 Å². The van der Waals surface area contributed by atoms with E-state index in [0.717, 1.165) is 12.8 Å². The Morgan fingerprint density at radius 2 is 2.19 bits per heavy atom. The summed E-state index contributed by atoms with van der Waals surface area (Å²) in [4.78, 5) is 0. The second-order valence-electron chi connectivity index (χ2n) is 4.50. The number of hydrogen-bond donors (Lipinski definition) is 1. The van der Waals surface area contributed by atoms with Gasteiger partial charge in [-0.1, -0.05) is 0 Å². The quantitative estimate of drug-likeness (QED) is 0.754. The zero-order valence-corrected chi connectivity index (χ0v) is 10.9. The second kappa shape index (κ2) is 5.95. The zero-order valence-electron chi connectivity index (χ0n) is 10.1. The van der Waals surface area contributed by atoms with Gasteiger partial charge >= 0.3 is 0 Å². The molecule has 0 amide bonds. The monoisotopic (exact) mass is 250 g/mol. The molecular formula is C10H22N2O3S. The molecule has 0 aromatic heterocycles. The average molecular weight is 250 g/mol. The van der Waals surface area contributed by atoms with Crippen molar-refractivity contribution in [3.8, 4) is 0 Å². The Balaban J connectivity index is 2.43. The van der Waals surface area contributed by atoms with E-state index in [4.69, 9.17) is 10.5 Å². The highest BCUT2D eigenvalue weighted by molar-refractivity contribution is 7.89. The minimum absolute atomic E-state index is 0.0189. The molecule has 1 rings (SSSR count). The fourth-order valence-electron chi connectivity index (χ4n) is 1.74. The van der Waals surface area contributed by atoms with E-state index >= 15 is 0 Å². The number of nitrogens with zero attached hydrogens (tertiary/aromatic N) is 1. The Kier molecular flexibility index (Phi) is 5.17. The highest BCUT2D eigenvalue weighted by Gasteiger charge is 2.26. The van der Waals surface area contributed by atoms with Crippen molar-refractivity contribution >= 4 is 10.0 Å². The van der Waals surface area contributed by atoms with Gasteiger partial charge in [-0.05, 0) is 26.7 Å². The highest BCUT2D eigenvalue weighted by Crippen LogP contribution is 2.13. The maximum absolute atomic E-state index is 11.9. The summed E-state index contributed by atoms with van der Waals surface area (Å²) < 4.78 is 30.6. The number of sulfonamides is 1. The van der Waals surface area contributed by atoms with Crippen molar-refractivity contribution in [3.05, 3.63) is 0 Å². The van der Waals surface area contributed by atoms with Crippen molar-refractivity contribution in [1.29, 1.82) is 0 Å². The number of piperidine rings is 1. The van der Waals surface area contributed by atoms with E-state index in [1.807, 2.05) is 13.8 Å². The highest BCUT2D eigenvalue weighted by atomic mass is 32.2. The summed E-state index contributed by atoms with van der Waals surface area (Å²) in [5, 5.41) is 0. The summed E-state index contributed by atoms with van der Waals surface area (Å²) in [6, 6.07) is -0.0189. The molecule has 1 heterocycles. The molecule has 96 valence electrons. The van der Waals surface area contributed by atoms with Crippen molar-refractivity contribution in [2.45, 2.75) is 38.8 Å². The number of ether oxygens (including phenoxy) is 1. The lowest BCUT2D eigenvalue weighted by molar-refractivity contribution is 0.0905. The molecular weight excluding hydrogens is 228 g/mol. The van der Waals surface area contributed by atoms with E-state index in [-0.39, 0.29) is 24.5 Å². The Bertz CT molecular complexity index is 303. The van der Waals surface area contributed by atoms with Crippen molar-refractivity contribution in [2.75, 3.05) is 25.4 Å². The number of nitrogens with two attached hydrogens (primary N) is 1. The lowest BCUT2D eigenvalue weighted by Gasteiger charge is -2.29. The number of rotatable bonds is 5. The molecule has 0 aromatic carbocycles. The van der Waals surface area contributed by atoms with Gasteiger partial charge in [-0.15, -0.1) is 0 Å². The average Bonchev–Trinajstić information content (AvgIpc) is 2.16. The van der Waals surface area contributed by atoms with Gasteiger partial charge in [-0.25, -0.2) is 12.7 Å². The Morgan fingerprint density at radius 1 is 1.50 bits per heavy atom. The molecule has 0 aliphatic carbocycles. The van der Waals surface area contributed by atoms with Crippen LogP contribution in [0.25, 0.3) is 0 Å². The molecule has 1 aliphatic rings. The van der Waals surface area contributed by atoms with Crippen LogP contribution >= 0.6 is 0 Å². The van der Waals surface area contributed by atoms with Crippen LogP contribution in [-0.4, -0.2) is 50.3 Å². The molecule has 1 aliphatic heterocycles. The van der Waals surface area contributed by atoms with Crippen molar-refractivity contribution < 1.29 is 13.2 Å². The summed E-state index contributed by atoms with van der Waals surface area (Å²) >= 11 is 0. The van der Waals surface area contributed by atoms with Crippen LogP contribution in [0.3, 0.4) is 0 Å². The maximum atomic E-state index is 11.9. The summed E-state index contributed by atoms with van der Waals surface area (Å²) in [5.74, 6) is 0.0535. The van der Waals surface area contributed by atoms with Crippen LogP contribution in [0.5, 0.6) is 0 Å². The molecule has 1 atom stereocenters. The van der Waals surface area contributed by atoms with Crippen LogP contribution < -0.4 is 5.73 Å². The Labute approximate surface area is 98.0 Å². The van der Waals surface area contributed by atoms with Gasteiger partial charge in [0.15, 0.2) is 0 Å². The van der Waals surface area contributed by atoms with Gasteiger partial charge in [-0.3, -0.25) is 0 Å². The molecule has 6 heteroatoms. The van der Waals surface area contributed by atoms with Crippen molar-refractivity contribution in [2.24, 2.45) is 5.73 Å².